The molecule has 0 unspecified atom stereocenters. The number of ether oxygens (including phenoxy) is 1. The summed E-state index contributed by atoms with van der Waals surface area (Å²) in [6.45, 7) is 1.45. The molecule has 0 atom stereocenters. The van der Waals surface area contributed by atoms with Crippen LogP contribution in [0.5, 0.6) is 5.75 Å². The first-order valence-corrected chi connectivity index (χ1v) is 7.05. The minimum Gasteiger partial charge on any atom is -0.497 e. The van der Waals surface area contributed by atoms with Gasteiger partial charge < -0.3 is 14.5 Å². The van der Waals surface area contributed by atoms with Crippen molar-refractivity contribution < 1.29 is 9.15 Å². The highest BCUT2D eigenvalue weighted by Gasteiger charge is 2.05. The Morgan fingerprint density at radius 2 is 2.06 bits per heavy atom. The Balaban J connectivity index is 1.88. The summed E-state index contributed by atoms with van der Waals surface area (Å²) in [5.74, 6) is 1.76. The number of methoxy groups -OCH3 is 1. The van der Waals surface area contributed by atoms with Gasteiger partial charge in [0.15, 0.2) is 4.67 Å². The minimum atomic E-state index is 0.682. The molecule has 1 N–H and O–H groups in total. The summed E-state index contributed by atoms with van der Waals surface area (Å²) < 4.78 is 12.3. The van der Waals surface area contributed by atoms with Crippen LogP contribution >= 0.6 is 31.9 Å². The maximum atomic E-state index is 5.48. The molecule has 1 aromatic carbocycles. The topological polar surface area (TPSA) is 34.4 Å². The molecular weight excluding hydrogens is 362 g/mol. The van der Waals surface area contributed by atoms with Gasteiger partial charge in [-0.1, -0.05) is 12.1 Å². The van der Waals surface area contributed by atoms with E-state index < -0.39 is 0 Å². The lowest BCUT2D eigenvalue weighted by Gasteiger charge is -2.05. The lowest BCUT2D eigenvalue weighted by Crippen LogP contribution is -2.12. The fourth-order valence-electron chi connectivity index (χ4n) is 1.59. The Bertz CT molecular complexity index is 506. The van der Waals surface area contributed by atoms with Crippen molar-refractivity contribution in [1.82, 2.24) is 5.32 Å². The summed E-state index contributed by atoms with van der Waals surface area (Å²) in [6.07, 6.45) is 0. The molecule has 0 amide bonds. The SMILES string of the molecule is COc1cccc(CNCc2cc(Br)c(Br)o2)c1. The summed E-state index contributed by atoms with van der Waals surface area (Å²) in [5, 5.41) is 3.32. The number of hydrogen-bond donors (Lipinski definition) is 1. The average Bonchev–Trinajstić information content (AvgIpc) is 2.69. The van der Waals surface area contributed by atoms with E-state index in [2.05, 4.69) is 43.2 Å². The third-order valence-corrected chi connectivity index (χ3v) is 4.17. The lowest BCUT2D eigenvalue weighted by molar-refractivity contribution is 0.414. The second-order valence-electron chi connectivity index (χ2n) is 3.79. The summed E-state index contributed by atoms with van der Waals surface area (Å²) >= 11 is 6.70. The summed E-state index contributed by atoms with van der Waals surface area (Å²) in [5.41, 5.74) is 1.18. The van der Waals surface area contributed by atoms with Gasteiger partial charge in [-0.3, -0.25) is 0 Å². The average molecular weight is 375 g/mol. The van der Waals surface area contributed by atoms with Crippen molar-refractivity contribution in [3.05, 3.63) is 50.8 Å². The zero-order chi connectivity index (χ0) is 13.0. The molecule has 1 heterocycles. The first-order valence-electron chi connectivity index (χ1n) is 5.46. The van der Waals surface area contributed by atoms with Gasteiger partial charge in [0.25, 0.3) is 0 Å². The van der Waals surface area contributed by atoms with E-state index >= 15 is 0 Å². The molecule has 0 spiro atoms. The maximum Gasteiger partial charge on any atom is 0.183 e. The molecule has 0 aliphatic heterocycles. The van der Waals surface area contributed by atoms with E-state index in [4.69, 9.17) is 9.15 Å². The van der Waals surface area contributed by atoms with Crippen LogP contribution in [0.3, 0.4) is 0 Å². The van der Waals surface area contributed by atoms with Gasteiger partial charge in [-0.15, -0.1) is 0 Å². The van der Waals surface area contributed by atoms with Crippen molar-refractivity contribution >= 4 is 31.9 Å². The van der Waals surface area contributed by atoms with Gasteiger partial charge in [0.1, 0.15) is 11.5 Å². The molecule has 1 aromatic heterocycles. The van der Waals surface area contributed by atoms with Gasteiger partial charge in [-0.2, -0.15) is 0 Å². The molecule has 2 aromatic rings. The standard InChI is InChI=1S/C13H13Br2NO2/c1-17-10-4-2-3-9(5-10)7-16-8-11-6-12(14)13(15)18-11/h2-6,16H,7-8H2,1H3. The van der Waals surface area contributed by atoms with E-state index in [0.29, 0.717) is 6.54 Å². The molecule has 0 radical (unpaired) electrons. The molecule has 3 nitrogen and oxygen atoms in total. The van der Waals surface area contributed by atoms with Crippen LogP contribution in [0.15, 0.2) is 43.9 Å². The van der Waals surface area contributed by atoms with Crippen LogP contribution in [0.2, 0.25) is 0 Å². The highest BCUT2D eigenvalue weighted by Crippen LogP contribution is 2.26. The first kappa shape index (κ1) is 13.6. The predicted molar refractivity (Wildman–Crippen MR) is 77.6 cm³/mol. The van der Waals surface area contributed by atoms with E-state index in [1.807, 2.05) is 24.3 Å². The third kappa shape index (κ3) is 3.60. The third-order valence-electron chi connectivity index (χ3n) is 2.46. The predicted octanol–water partition coefficient (Wildman–Crippen LogP) is 4.10. The molecule has 18 heavy (non-hydrogen) atoms. The second-order valence-corrected chi connectivity index (χ2v) is 5.36. The van der Waals surface area contributed by atoms with Gasteiger partial charge >= 0.3 is 0 Å². The summed E-state index contributed by atoms with van der Waals surface area (Å²) in [4.78, 5) is 0. The van der Waals surface area contributed by atoms with E-state index in [0.717, 1.165) is 27.2 Å². The Kier molecular flexibility index (Phi) is 4.86. The maximum absolute atomic E-state index is 5.48. The van der Waals surface area contributed by atoms with E-state index in [1.165, 1.54) is 5.56 Å². The number of hydrogen-bond acceptors (Lipinski definition) is 3. The minimum absolute atomic E-state index is 0.682. The van der Waals surface area contributed by atoms with E-state index in [9.17, 15) is 0 Å². The number of furan rings is 1. The van der Waals surface area contributed by atoms with Crippen LogP contribution in [0.25, 0.3) is 0 Å². The van der Waals surface area contributed by atoms with Crippen molar-refractivity contribution in [2.24, 2.45) is 0 Å². The largest absolute Gasteiger partial charge is 0.497 e. The number of nitrogens with one attached hydrogen (secondary N) is 1. The zero-order valence-corrected chi connectivity index (χ0v) is 13.0. The Morgan fingerprint density at radius 1 is 1.22 bits per heavy atom. The molecule has 0 saturated carbocycles. The number of rotatable bonds is 5. The molecule has 96 valence electrons. The van der Waals surface area contributed by atoms with Crippen LogP contribution in [0.1, 0.15) is 11.3 Å². The fraction of sp³-hybridized carbons (Fsp3) is 0.231. The molecule has 0 aliphatic rings. The summed E-state index contributed by atoms with van der Waals surface area (Å²) in [6, 6.07) is 9.94. The van der Waals surface area contributed by atoms with E-state index in [1.54, 1.807) is 7.11 Å². The Morgan fingerprint density at radius 3 is 2.72 bits per heavy atom. The van der Waals surface area contributed by atoms with Crippen molar-refractivity contribution in [1.29, 1.82) is 0 Å². The lowest BCUT2D eigenvalue weighted by atomic mass is 10.2. The van der Waals surface area contributed by atoms with Crippen LogP contribution < -0.4 is 10.1 Å². The highest BCUT2D eigenvalue weighted by molar-refractivity contribution is 9.13. The van der Waals surface area contributed by atoms with Crippen molar-refractivity contribution in [3.63, 3.8) is 0 Å². The normalized spacial score (nSPS) is 10.6. The van der Waals surface area contributed by atoms with E-state index in [-0.39, 0.29) is 0 Å². The molecular formula is C13H13Br2NO2. The van der Waals surface area contributed by atoms with Gasteiger partial charge in [0, 0.05) is 6.54 Å². The monoisotopic (exact) mass is 373 g/mol. The molecule has 5 heteroatoms. The molecule has 0 saturated heterocycles. The van der Waals surface area contributed by atoms with Crippen LogP contribution in [-0.2, 0) is 13.1 Å². The molecule has 0 bridgehead atoms. The van der Waals surface area contributed by atoms with Gasteiger partial charge in [0.2, 0.25) is 0 Å². The quantitative estimate of drug-likeness (QED) is 0.855. The Hall–Kier alpha value is -0.780. The summed E-state index contributed by atoms with van der Waals surface area (Å²) in [7, 11) is 1.67. The number of benzene rings is 1. The molecule has 0 aliphatic carbocycles. The van der Waals surface area contributed by atoms with Crippen molar-refractivity contribution in [2.45, 2.75) is 13.1 Å². The van der Waals surface area contributed by atoms with Gasteiger partial charge in [-0.05, 0) is 55.6 Å². The first-order chi connectivity index (χ1) is 8.69. The van der Waals surface area contributed by atoms with Gasteiger partial charge in [-0.25, -0.2) is 0 Å². The van der Waals surface area contributed by atoms with Crippen molar-refractivity contribution in [3.8, 4) is 5.75 Å². The second kappa shape index (κ2) is 6.41. The van der Waals surface area contributed by atoms with Gasteiger partial charge in [0.05, 0.1) is 18.1 Å². The van der Waals surface area contributed by atoms with Crippen LogP contribution in [0, 0.1) is 0 Å². The zero-order valence-electron chi connectivity index (χ0n) is 9.87. The van der Waals surface area contributed by atoms with Crippen LogP contribution in [-0.4, -0.2) is 7.11 Å². The smallest absolute Gasteiger partial charge is 0.183 e. The van der Waals surface area contributed by atoms with Crippen molar-refractivity contribution in [2.75, 3.05) is 7.11 Å². The fourth-order valence-corrected chi connectivity index (χ4v) is 2.25. The molecule has 0 fully saturated rings. The highest BCUT2D eigenvalue weighted by atomic mass is 79.9. The van der Waals surface area contributed by atoms with Crippen LogP contribution in [0.4, 0.5) is 0 Å². The molecule has 2 rings (SSSR count). The Labute approximate surface area is 123 Å². The number of halogens is 2.